The van der Waals surface area contributed by atoms with Crippen molar-refractivity contribution in [2.45, 2.75) is 10.9 Å². The zero-order valence-corrected chi connectivity index (χ0v) is 15.5. The van der Waals surface area contributed by atoms with Crippen LogP contribution in [0.2, 0.25) is 5.02 Å². The smallest absolute Gasteiger partial charge is 0.240 e. The molecule has 0 aliphatic rings. The molecule has 26 heavy (non-hydrogen) atoms. The van der Waals surface area contributed by atoms with Crippen LogP contribution in [0.5, 0.6) is 0 Å². The Morgan fingerprint density at radius 1 is 0.808 bits per heavy atom. The van der Waals surface area contributed by atoms with Crippen LogP contribution in [0.15, 0.2) is 89.8 Å². The number of nitrogens with one attached hydrogen (secondary N) is 2. The Bertz CT molecular complexity index is 948. The molecule has 1 atom stereocenters. The van der Waals surface area contributed by atoms with Crippen molar-refractivity contribution in [1.82, 2.24) is 4.72 Å². The molecule has 0 amide bonds. The number of sulfonamides is 1. The third-order valence-electron chi connectivity index (χ3n) is 3.94. The maximum absolute atomic E-state index is 12.5. The number of rotatable bonds is 7. The van der Waals surface area contributed by atoms with Crippen molar-refractivity contribution >= 4 is 27.3 Å². The number of hydrogen-bond acceptors (Lipinski definition) is 3. The quantitative estimate of drug-likeness (QED) is 0.629. The van der Waals surface area contributed by atoms with Crippen LogP contribution in [0.1, 0.15) is 11.6 Å². The van der Waals surface area contributed by atoms with E-state index in [9.17, 15) is 8.42 Å². The predicted molar refractivity (Wildman–Crippen MR) is 106 cm³/mol. The highest BCUT2D eigenvalue weighted by Gasteiger charge is 2.18. The third-order valence-corrected chi connectivity index (χ3v) is 5.71. The van der Waals surface area contributed by atoms with Crippen molar-refractivity contribution in [3.05, 3.63) is 95.5 Å². The van der Waals surface area contributed by atoms with Crippen molar-refractivity contribution in [2.75, 3.05) is 11.9 Å². The summed E-state index contributed by atoms with van der Waals surface area (Å²) in [6.45, 7) is 0.187. The summed E-state index contributed by atoms with van der Waals surface area (Å²) in [6.07, 6.45) is 0. The molecule has 3 aromatic carbocycles. The molecule has 134 valence electrons. The monoisotopic (exact) mass is 386 g/mol. The van der Waals surface area contributed by atoms with Crippen LogP contribution in [-0.4, -0.2) is 15.0 Å². The number of hydrogen-bond donors (Lipinski definition) is 2. The lowest BCUT2D eigenvalue weighted by molar-refractivity contribution is 0.576. The topological polar surface area (TPSA) is 58.2 Å². The van der Waals surface area contributed by atoms with Gasteiger partial charge in [-0.2, -0.15) is 0 Å². The molecule has 2 N–H and O–H groups in total. The van der Waals surface area contributed by atoms with Crippen molar-refractivity contribution in [3.63, 3.8) is 0 Å². The molecule has 0 radical (unpaired) electrons. The van der Waals surface area contributed by atoms with Crippen molar-refractivity contribution in [1.29, 1.82) is 0 Å². The zero-order chi connectivity index (χ0) is 18.4. The Hall–Kier alpha value is -2.34. The molecule has 0 aromatic heterocycles. The fourth-order valence-electron chi connectivity index (χ4n) is 2.58. The van der Waals surface area contributed by atoms with Gasteiger partial charge in [0.2, 0.25) is 10.0 Å². The summed E-state index contributed by atoms with van der Waals surface area (Å²) in [7, 11) is -3.59. The Kier molecular flexibility index (Phi) is 5.93. The van der Waals surface area contributed by atoms with Gasteiger partial charge >= 0.3 is 0 Å². The number of para-hydroxylation sites is 1. The highest BCUT2D eigenvalue weighted by molar-refractivity contribution is 7.89. The molecule has 0 saturated carbocycles. The fraction of sp³-hybridized carbons (Fsp3) is 0.100. The summed E-state index contributed by atoms with van der Waals surface area (Å²) in [5.74, 6) is 0. The van der Waals surface area contributed by atoms with E-state index in [0.29, 0.717) is 5.02 Å². The largest absolute Gasteiger partial charge is 0.376 e. The summed E-state index contributed by atoms with van der Waals surface area (Å²) < 4.78 is 27.7. The van der Waals surface area contributed by atoms with Crippen LogP contribution in [0.3, 0.4) is 0 Å². The molecular formula is C20H19ClN2O2S. The van der Waals surface area contributed by atoms with E-state index in [2.05, 4.69) is 10.0 Å². The predicted octanol–water partition coefficient (Wildman–Crippen LogP) is 4.47. The second kappa shape index (κ2) is 8.36. The van der Waals surface area contributed by atoms with Crippen molar-refractivity contribution < 1.29 is 8.42 Å². The van der Waals surface area contributed by atoms with Gasteiger partial charge in [-0.05, 0) is 29.8 Å². The first-order valence-electron chi connectivity index (χ1n) is 8.17. The molecule has 0 aliphatic heterocycles. The van der Waals surface area contributed by atoms with Crippen LogP contribution in [0.4, 0.5) is 5.69 Å². The van der Waals surface area contributed by atoms with E-state index in [1.165, 1.54) is 0 Å². The maximum atomic E-state index is 12.5. The molecule has 0 unspecified atom stereocenters. The minimum atomic E-state index is -3.59. The van der Waals surface area contributed by atoms with Gasteiger partial charge in [0.25, 0.3) is 0 Å². The Balaban J connectivity index is 1.82. The minimum Gasteiger partial charge on any atom is -0.376 e. The van der Waals surface area contributed by atoms with Gasteiger partial charge in [-0.1, -0.05) is 72.3 Å². The fourth-order valence-corrected chi connectivity index (χ4v) is 3.84. The maximum Gasteiger partial charge on any atom is 0.240 e. The van der Waals surface area contributed by atoms with E-state index in [1.807, 2.05) is 48.5 Å². The first-order chi connectivity index (χ1) is 12.6. The minimum absolute atomic E-state index is 0.187. The summed E-state index contributed by atoms with van der Waals surface area (Å²) in [6, 6.07) is 25.1. The highest BCUT2D eigenvalue weighted by Crippen LogP contribution is 2.26. The van der Waals surface area contributed by atoms with Crippen LogP contribution in [0.25, 0.3) is 0 Å². The van der Waals surface area contributed by atoms with E-state index in [-0.39, 0.29) is 17.5 Å². The molecule has 0 bridgehead atoms. The van der Waals surface area contributed by atoms with Gasteiger partial charge in [0, 0.05) is 6.54 Å². The second-order valence-electron chi connectivity index (χ2n) is 5.75. The number of benzene rings is 3. The molecule has 6 heteroatoms. The van der Waals surface area contributed by atoms with Gasteiger partial charge in [0.1, 0.15) is 0 Å². The van der Waals surface area contributed by atoms with Crippen LogP contribution < -0.4 is 10.0 Å². The molecule has 0 aliphatic carbocycles. The molecular weight excluding hydrogens is 368 g/mol. The van der Waals surface area contributed by atoms with Gasteiger partial charge < -0.3 is 5.32 Å². The lowest BCUT2D eigenvalue weighted by Gasteiger charge is -2.22. The average Bonchev–Trinajstić information content (AvgIpc) is 2.68. The number of anilines is 1. The molecule has 0 spiro atoms. The molecule has 0 saturated heterocycles. The molecule has 0 heterocycles. The second-order valence-corrected chi connectivity index (χ2v) is 7.93. The van der Waals surface area contributed by atoms with E-state index < -0.39 is 10.0 Å². The molecule has 3 rings (SSSR count). The highest BCUT2D eigenvalue weighted by atomic mass is 35.5. The Morgan fingerprint density at radius 3 is 2.04 bits per heavy atom. The van der Waals surface area contributed by atoms with Gasteiger partial charge in [0.15, 0.2) is 0 Å². The molecule has 4 nitrogen and oxygen atoms in total. The van der Waals surface area contributed by atoms with E-state index in [0.717, 1.165) is 11.3 Å². The Morgan fingerprint density at radius 2 is 1.38 bits per heavy atom. The first kappa shape index (κ1) is 18.5. The molecule has 3 aromatic rings. The number of halogens is 1. The lowest BCUT2D eigenvalue weighted by Crippen LogP contribution is -2.31. The summed E-state index contributed by atoms with van der Waals surface area (Å²) >= 11 is 6.24. The SMILES string of the molecule is O=S(=O)(NC[C@H](Nc1ccccc1Cl)c1ccccc1)c1ccccc1. The van der Waals surface area contributed by atoms with E-state index >= 15 is 0 Å². The van der Waals surface area contributed by atoms with Crippen LogP contribution in [-0.2, 0) is 10.0 Å². The van der Waals surface area contributed by atoms with Crippen molar-refractivity contribution in [2.24, 2.45) is 0 Å². The lowest BCUT2D eigenvalue weighted by atomic mass is 10.1. The summed E-state index contributed by atoms with van der Waals surface area (Å²) in [5.41, 5.74) is 1.71. The molecule has 0 fully saturated rings. The average molecular weight is 387 g/mol. The third kappa shape index (κ3) is 4.64. The zero-order valence-electron chi connectivity index (χ0n) is 14.0. The van der Waals surface area contributed by atoms with E-state index in [4.69, 9.17) is 11.6 Å². The first-order valence-corrected chi connectivity index (χ1v) is 10.0. The Labute approximate surface area is 158 Å². The van der Waals surface area contributed by atoms with Gasteiger partial charge in [-0.25, -0.2) is 13.1 Å². The standard InChI is InChI=1S/C20H19ClN2O2S/c21-18-13-7-8-14-19(18)23-20(16-9-3-1-4-10-16)15-22-26(24,25)17-11-5-2-6-12-17/h1-14,20,22-23H,15H2/t20-/m0/s1. The van der Waals surface area contributed by atoms with E-state index in [1.54, 1.807) is 36.4 Å². The van der Waals surface area contributed by atoms with Crippen molar-refractivity contribution in [3.8, 4) is 0 Å². The van der Waals surface area contributed by atoms with Crippen LogP contribution in [0, 0.1) is 0 Å². The van der Waals surface area contributed by atoms with Gasteiger partial charge in [0.05, 0.1) is 21.6 Å². The van der Waals surface area contributed by atoms with Gasteiger partial charge in [-0.15, -0.1) is 0 Å². The summed E-state index contributed by atoms with van der Waals surface area (Å²) in [4.78, 5) is 0.240. The van der Waals surface area contributed by atoms with Crippen LogP contribution >= 0.6 is 11.6 Å². The normalized spacial score (nSPS) is 12.5. The summed E-state index contributed by atoms with van der Waals surface area (Å²) in [5, 5.41) is 3.91. The van der Waals surface area contributed by atoms with Gasteiger partial charge in [-0.3, -0.25) is 0 Å².